The van der Waals surface area contributed by atoms with Crippen LogP contribution in [0.3, 0.4) is 0 Å². The number of hydrogen-bond donors (Lipinski definition) is 1. The summed E-state index contributed by atoms with van der Waals surface area (Å²) in [6, 6.07) is 0. The maximum atomic E-state index is 5.73. The molecular formula is C11H18N2OS. The summed E-state index contributed by atoms with van der Waals surface area (Å²) in [4.78, 5) is 5.63. The van der Waals surface area contributed by atoms with Crippen LogP contribution in [0.5, 0.6) is 5.19 Å². The summed E-state index contributed by atoms with van der Waals surface area (Å²) in [7, 11) is 0. The Morgan fingerprint density at radius 2 is 2.13 bits per heavy atom. The van der Waals surface area contributed by atoms with Crippen molar-refractivity contribution in [3.8, 4) is 5.19 Å². The minimum Gasteiger partial charge on any atom is -0.470 e. The molecule has 1 aromatic rings. The number of ether oxygens (including phenoxy) is 1. The second kappa shape index (κ2) is 4.94. The molecule has 1 fully saturated rings. The molecule has 0 bridgehead atoms. The van der Waals surface area contributed by atoms with Gasteiger partial charge in [0, 0.05) is 4.88 Å². The molecule has 15 heavy (non-hydrogen) atoms. The lowest BCUT2D eigenvalue weighted by molar-refractivity contribution is 0.214. The highest BCUT2D eigenvalue weighted by molar-refractivity contribution is 7.13. The van der Waals surface area contributed by atoms with E-state index in [0.29, 0.717) is 5.92 Å². The fraction of sp³-hybridized carbons (Fsp3) is 0.727. The van der Waals surface area contributed by atoms with Crippen LogP contribution in [0, 0.1) is 19.8 Å². The Hall–Kier alpha value is -0.610. The lowest BCUT2D eigenvalue weighted by Crippen LogP contribution is -2.30. The van der Waals surface area contributed by atoms with E-state index in [9.17, 15) is 0 Å². The molecule has 4 heteroatoms. The molecule has 0 unspecified atom stereocenters. The number of aryl methyl sites for hydroxylation is 2. The van der Waals surface area contributed by atoms with Crippen molar-refractivity contribution in [2.45, 2.75) is 26.7 Å². The summed E-state index contributed by atoms with van der Waals surface area (Å²) < 4.78 is 5.73. The number of nitrogens with one attached hydrogen (secondary N) is 1. The average molecular weight is 226 g/mol. The molecule has 0 aromatic carbocycles. The Morgan fingerprint density at radius 3 is 2.73 bits per heavy atom. The summed E-state index contributed by atoms with van der Waals surface area (Å²) in [5, 5.41) is 4.19. The summed E-state index contributed by atoms with van der Waals surface area (Å²) >= 11 is 1.65. The fourth-order valence-electron chi connectivity index (χ4n) is 1.74. The zero-order chi connectivity index (χ0) is 10.7. The lowest BCUT2D eigenvalue weighted by Gasteiger charge is -2.21. The van der Waals surface area contributed by atoms with Crippen LogP contribution in [0.1, 0.15) is 23.4 Å². The van der Waals surface area contributed by atoms with Gasteiger partial charge in [0.2, 0.25) is 0 Å². The van der Waals surface area contributed by atoms with Gasteiger partial charge in [-0.3, -0.25) is 0 Å². The van der Waals surface area contributed by atoms with Gasteiger partial charge in [0.15, 0.2) is 0 Å². The number of nitrogens with zero attached hydrogens (tertiary/aromatic N) is 1. The predicted molar refractivity (Wildman–Crippen MR) is 62.7 cm³/mol. The first-order valence-corrected chi connectivity index (χ1v) is 6.35. The van der Waals surface area contributed by atoms with E-state index in [4.69, 9.17) is 4.74 Å². The molecule has 84 valence electrons. The SMILES string of the molecule is Cc1nc(OCC2CCNCC2)sc1C. The Kier molecular flexibility index (Phi) is 3.59. The summed E-state index contributed by atoms with van der Waals surface area (Å²) in [5.41, 5.74) is 1.10. The molecule has 0 radical (unpaired) electrons. The lowest BCUT2D eigenvalue weighted by atomic mass is 9.99. The van der Waals surface area contributed by atoms with Gasteiger partial charge in [-0.1, -0.05) is 11.3 Å². The van der Waals surface area contributed by atoms with Gasteiger partial charge in [-0.25, -0.2) is 4.98 Å². The Balaban J connectivity index is 1.81. The molecule has 1 aromatic heterocycles. The van der Waals surface area contributed by atoms with Gasteiger partial charge in [0.05, 0.1) is 12.3 Å². The predicted octanol–water partition coefficient (Wildman–Crippen LogP) is 2.14. The fourth-order valence-corrected chi connectivity index (χ4v) is 2.51. The van der Waals surface area contributed by atoms with E-state index in [2.05, 4.69) is 17.2 Å². The quantitative estimate of drug-likeness (QED) is 0.857. The second-order valence-corrected chi connectivity index (χ2v) is 5.29. The third kappa shape index (κ3) is 2.92. The van der Waals surface area contributed by atoms with Gasteiger partial charge < -0.3 is 10.1 Å². The maximum absolute atomic E-state index is 5.73. The Bertz CT molecular complexity index is 299. The molecule has 1 N–H and O–H groups in total. The number of hydrogen-bond acceptors (Lipinski definition) is 4. The molecule has 0 aliphatic carbocycles. The zero-order valence-corrected chi connectivity index (χ0v) is 10.2. The van der Waals surface area contributed by atoms with Crippen molar-refractivity contribution in [1.29, 1.82) is 0 Å². The van der Waals surface area contributed by atoms with Crippen LogP contribution < -0.4 is 10.1 Å². The van der Waals surface area contributed by atoms with Gasteiger partial charge in [-0.05, 0) is 45.7 Å². The van der Waals surface area contributed by atoms with Crippen LogP contribution in [0.15, 0.2) is 0 Å². The molecule has 2 heterocycles. The highest BCUT2D eigenvalue weighted by Gasteiger charge is 2.14. The van der Waals surface area contributed by atoms with E-state index in [1.54, 1.807) is 11.3 Å². The first-order valence-electron chi connectivity index (χ1n) is 5.53. The van der Waals surface area contributed by atoms with Crippen LogP contribution in [0.4, 0.5) is 0 Å². The molecule has 2 rings (SSSR count). The molecule has 1 aliphatic rings. The number of aromatic nitrogens is 1. The third-order valence-electron chi connectivity index (χ3n) is 2.91. The summed E-state index contributed by atoms with van der Waals surface area (Å²) in [6.45, 7) is 7.20. The Morgan fingerprint density at radius 1 is 1.40 bits per heavy atom. The average Bonchev–Trinajstić information content (AvgIpc) is 2.57. The van der Waals surface area contributed by atoms with Gasteiger partial charge in [-0.15, -0.1) is 0 Å². The van der Waals surface area contributed by atoms with Crippen molar-refractivity contribution >= 4 is 11.3 Å². The molecule has 0 spiro atoms. The Labute approximate surface area is 94.9 Å². The zero-order valence-electron chi connectivity index (χ0n) is 9.38. The van der Waals surface area contributed by atoms with E-state index in [0.717, 1.165) is 30.6 Å². The minimum atomic E-state index is 0.704. The van der Waals surface area contributed by atoms with Crippen LogP contribution in [0.25, 0.3) is 0 Å². The van der Waals surface area contributed by atoms with Crippen molar-refractivity contribution in [1.82, 2.24) is 10.3 Å². The monoisotopic (exact) mass is 226 g/mol. The van der Waals surface area contributed by atoms with Crippen molar-refractivity contribution < 1.29 is 4.74 Å². The van der Waals surface area contributed by atoms with E-state index < -0.39 is 0 Å². The topological polar surface area (TPSA) is 34.1 Å². The number of piperidine rings is 1. The van der Waals surface area contributed by atoms with Gasteiger partial charge in [0.1, 0.15) is 0 Å². The van der Waals surface area contributed by atoms with Crippen LogP contribution >= 0.6 is 11.3 Å². The molecule has 0 amide bonds. The van der Waals surface area contributed by atoms with Gasteiger partial charge >= 0.3 is 0 Å². The largest absolute Gasteiger partial charge is 0.470 e. The van der Waals surface area contributed by atoms with Crippen molar-refractivity contribution in [3.63, 3.8) is 0 Å². The smallest absolute Gasteiger partial charge is 0.273 e. The van der Waals surface area contributed by atoms with E-state index in [1.165, 1.54) is 17.7 Å². The normalized spacial score (nSPS) is 18.0. The molecule has 3 nitrogen and oxygen atoms in total. The highest BCUT2D eigenvalue weighted by atomic mass is 32.1. The van der Waals surface area contributed by atoms with Gasteiger partial charge in [-0.2, -0.15) is 0 Å². The van der Waals surface area contributed by atoms with Crippen molar-refractivity contribution in [2.24, 2.45) is 5.92 Å². The van der Waals surface area contributed by atoms with Crippen LogP contribution in [-0.4, -0.2) is 24.7 Å². The first-order chi connectivity index (χ1) is 7.25. The molecule has 0 saturated carbocycles. The minimum absolute atomic E-state index is 0.704. The first kappa shape index (κ1) is 10.9. The standard InChI is InChI=1S/C11H18N2OS/c1-8-9(2)15-11(13-8)14-7-10-3-5-12-6-4-10/h10,12H,3-7H2,1-2H3. The van der Waals surface area contributed by atoms with Crippen LogP contribution in [0.2, 0.25) is 0 Å². The van der Waals surface area contributed by atoms with Crippen LogP contribution in [-0.2, 0) is 0 Å². The molecule has 1 saturated heterocycles. The van der Waals surface area contributed by atoms with Crippen molar-refractivity contribution in [3.05, 3.63) is 10.6 Å². The van der Waals surface area contributed by atoms with E-state index in [1.807, 2.05) is 6.92 Å². The summed E-state index contributed by atoms with van der Waals surface area (Å²) in [6.07, 6.45) is 2.45. The number of thiazole rings is 1. The molecular weight excluding hydrogens is 208 g/mol. The molecule has 0 atom stereocenters. The number of rotatable bonds is 3. The highest BCUT2D eigenvalue weighted by Crippen LogP contribution is 2.24. The van der Waals surface area contributed by atoms with E-state index >= 15 is 0 Å². The third-order valence-corrected chi connectivity index (χ3v) is 3.90. The van der Waals surface area contributed by atoms with Crippen molar-refractivity contribution in [2.75, 3.05) is 19.7 Å². The molecule has 1 aliphatic heterocycles. The maximum Gasteiger partial charge on any atom is 0.273 e. The van der Waals surface area contributed by atoms with Gasteiger partial charge in [0.25, 0.3) is 5.19 Å². The second-order valence-electron chi connectivity index (χ2n) is 4.13. The summed E-state index contributed by atoms with van der Waals surface area (Å²) in [5.74, 6) is 0.704. The van der Waals surface area contributed by atoms with E-state index in [-0.39, 0.29) is 0 Å².